The molecule has 1 N–H and O–H groups in total. The molecule has 0 atom stereocenters. The smallest absolute Gasteiger partial charge is 0.160 e. The van der Waals surface area contributed by atoms with Crippen molar-refractivity contribution in [2.45, 2.75) is 19.9 Å². The number of nitrogens with zero attached hydrogens (tertiary/aromatic N) is 2. The van der Waals surface area contributed by atoms with Crippen LogP contribution in [0, 0.1) is 6.92 Å². The average Bonchev–Trinajstić information content (AvgIpc) is 2.62. The summed E-state index contributed by atoms with van der Waals surface area (Å²) in [5.41, 5.74) is 7.01. The lowest BCUT2D eigenvalue weighted by Gasteiger charge is -2.21. The fourth-order valence-corrected chi connectivity index (χ4v) is 3.12. The molecule has 3 aromatic rings. The minimum atomic E-state index is 0.824. The highest BCUT2D eigenvalue weighted by molar-refractivity contribution is 5.70. The Balaban J connectivity index is 1.95. The molecular formula is C20H19N3. The van der Waals surface area contributed by atoms with E-state index in [1.54, 1.807) is 0 Å². The largest absolute Gasteiger partial charge is 0.312 e. The van der Waals surface area contributed by atoms with Crippen LogP contribution in [0.15, 0.2) is 54.6 Å². The van der Waals surface area contributed by atoms with E-state index in [4.69, 9.17) is 9.97 Å². The van der Waals surface area contributed by atoms with Gasteiger partial charge in [-0.05, 0) is 12.5 Å². The number of rotatable bonds is 2. The first-order valence-corrected chi connectivity index (χ1v) is 8.05. The van der Waals surface area contributed by atoms with Crippen LogP contribution in [0.5, 0.6) is 0 Å². The van der Waals surface area contributed by atoms with E-state index in [2.05, 4.69) is 48.6 Å². The van der Waals surface area contributed by atoms with Gasteiger partial charge < -0.3 is 5.32 Å². The highest BCUT2D eigenvalue weighted by Gasteiger charge is 2.19. The monoisotopic (exact) mass is 301 g/mol. The zero-order valence-corrected chi connectivity index (χ0v) is 13.2. The predicted molar refractivity (Wildman–Crippen MR) is 93.1 cm³/mol. The molecule has 2 aromatic carbocycles. The van der Waals surface area contributed by atoms with E-state index in [-0.39, 0.29) is 0 Å². The first-order valence-electron chi connectivity index (χ1n) is 8.05. The normalized spacial score (nSPS) is 13.6. The lowest BCUT2D eigenvalue weighted by atomic mass is 9.97. The third-order valence-corrected chi connectivity index (χ3v) is 4.37. The summed E-state index contributed by atoms with van der Waals surface area (Å²) in [7, 11) is 0. The molecule has 0 bridgehead atoms. The van der Waals surface area contributed by atoms with Crippen LogP contribution in [0.1, 0.15) is 16.8 Å². The van der Waals surface area contributed by atoms with Gasteiger partial charge in [0.15, 0.2) is 5.82 Å². The third kappa shape index (κ3) is 2.64. The molecule has 0 aliphatic carbocycles. The molecule has 0 saturated heterocycles. The molecule has 1 aliphatic rings. The molecule has 4 rings (SSSR count). The molecule has 0 fully saturated rings. The summed E-state index contributed by atoms with van der Waals surface area (Å²) in [5.74, 6) is 0.824. The fraction of sp³-hybridized carbons (Fsp3) is 0.200. The van der Waals surface area contributed by atoms with Crippen LogP contribution < -0.4 is 5.32 Å². The quantitative estimate of drug-likeness (QED) is 0.783. The van der Waals surface area contributed by atoms with Crippen LogP contribution in [-0.4, -0.2) is 16.5 Å². The second-order valence-electron chi connectivity index (χ2n) is 5.93. The van der Waals surface area contributed by atoms with Crippen LogP contribution in [0.2, 0.25) is 0 Å². The molecule has 3 heteroatoms. The van der Waals surface area contributed by atoms with Crippen molar-refractivity contribution in [1.29, 1.82) is 0 Å². The second kappa shape index (κ2) is 5.94. The van der Waals surface area contributed by atoms with Crippen LogP contribution >= 0.6 is 0 Å². The molecule has 0 amide bonds. The van der Waals surface area contributed by atoms with E-state index < -0.39 is 0 Å². The number of nitrogens with one attached hydrogen (secondary N) is 1. The van der Waals surface area contributed by atoms with Crippen molar-refractivity contribution in [3.8, 4) is 22.6 Å². The molecule has 2 heterocycles. The molecule has 0 unspecified atom stereocenters. The minimum absolute atomic E-state index is 0.824. The first kappa shape index (κ1) is 14.1. The van der Waals surface area contributed by atoms with Gasteiger partial charge in [-0.3, -0.25) is 0 Å². The Morgan fingerprint density at radius 2 is 1.70 bits per heavy atom. The van der Waals surface area contributed by atoms with Gasteiger partial charge in [0.1, 0.15) is 0 Å². The summed E-state index contributed by atoms with van der Waals surface area (Å²) in [4.78, 5) is 9.78. The number of hydrogen-bond acceptors (Lipinski definition) is 3. The summed E-state index contributed by atoms with van der Waals surface area (Å²) in [6, 6.07) is 18.7. The van der Waals surface area contributed by atoms with E-state index >= 15 is 0 Å². The molecule has 0 saturated carbocycles. The summed E-state index contributed by atoms with van der Waals surface area (Å²) in [5, 5.41) is 3.45. The van der Waals surface area contributed by atoms with Crippen LogP contribution in [0.25, 0.3) is 22.6 Å². The number of benzene rings is 2. The number of hydrogen-bond donors (Lipinski definition) is 1. The lowest BCUT2D eigenvalue weighted by molar-refractivity contribution is 0.628. The maximum Gasteiger partial charge on any atom is 0.160 e. The van der Waals surface area contributed by atoms with Gasteiger partial charge in [-0.25, -0.2) is 9.97 Å². The van der Waals surface area contributed by atoms with Crippen LogP contribution in [0.3, 0.4) is 0 Å². The predicted octanol–water partition coefficient (Wildman–Crippen LogP) is 3.76. The SMILES string of the molecule is Cc1ccccc1-c1nc(-c2ccccc2)nc2c1CNCC2. The van der Waals surface area contributed by atoms with Crippen molar-refractivity contribution in [2.75, 3.05) is 6.54 Å². The molecule has 1 aromatic heterocycles. The Hall–Kier alpha value is -2.52. The molecular weight excluding hydrogens is 282 g/mol. The standard InChI is InChI=1S/C20H19N3/c1-14-7-5-6-10-16(14)19-17-13-21-12-11-18(17)22-20(23-19)15-8-3-2-4-9-15/h2-10,21H,11-13H2,1H3. The average molecular weight is 301 g/mol. The van der Waals surface area contributed by atoms with Crippen molar-refractivity contribution in [3.05, 3.63) is 71.4 Å². The third-order valence-electron chi connectivity index (χ3n) is 4.37. The minimum Gasteiger partial charge on any atom is -0.312 e. The Bertz CT molecular complexity index is 841. The van der Waals surface area contributed by atoms with Crippen LogP contribution in [-0.2, 0) is 13.0 Å². The number of fused-ring (bicyclic) bond motifs is 1. The number of aromatic nitrogens is 2. The molecule has 0 spiro atoms. The molecule has 114 valence electrons. The highest BCUT2D eigenvalue weighted by atomic mass is 15.0. The zero-order valence-electron chi connectivity index (χ0n) is 13.2. The van der Waals surface area contributed by atoms with Gasteiger partial charge in [0.25, 0.3) is 0 Å². The first-order chi connectivity index (χ1) is 11.3. The fourth-order valence-electron chi connectivity index (χ4n) is 3.12. The Labute approximate surface area is 136 Å². The summed E-state index contributed by atoms with van der Waals surface area (Å²) in [6.07, 6.45) is 0.955. The Kier molecular flexibility index (Phi) is 3.64. The second-order valence-corrected chi connectivity index (χ2v) is 5.93. The Morgan fingerprint density at radius 3 is 2.52 bits per heavy atom. The lowest BCUT2D eigenvalue weighted by Crippen LogP contribution is -2.26. The zero-order chi connectivity index (χ0) is 15.6. The van der Waals surface area contributed by atoms with Crippen LogP contribution in [0.4, 0.5) is 0 Å². The van der Waals surface area contributed by atoms with Gasteiger partial charge in [0.05, 0.1) is 11.4 Å². The van der Waals surface area contributed by atoms with Gasteiger partial charge in [0.2, 0.25) is 0 Å². The van der Waals surface area contributed by atoms with Gasteiger partial charge in [-0.15, -0.1) is 0 Å². The van der Waals surface area contributed by atoms with E-state index in [1.165, 1.54) is 22.4 Å². The maximum absolute atomic E-state index is 4.94. The maximum atomic E-state index is 4.94. The molecule has 0 radical (unpaired) electrons. The highest BCUT2D eigenvalue weighted by Crippen LogP contribution is 2.30. The number of aryl methyl sites for hydroxylation is 1. The van der Waals surface area contributed by atoms with Gasteiger partial charge in [-0.1, -0.05) is 54.6 Å². The van der Waals surface area contributed by atoms with Gasteiger partial charge in [-0.2, -0.15) is 0 Å². The van der Waals surface area contributed by atoms with Crippen molar-refractivity contribution < 1.29 is 0 Å². The van der Waals surface area contributed by atoms with E-state index in [0.29, 0.717) is 0 Å². The van der Waals surface area contributed by atoms with Crippen molar-refractivity contribution in [2.24, 2.45) is 0 Å². The summed E-state index contributed by atoms with van der Waals surface area (Å²) >= 11 is 0. The molecule has 3 nitrogen and oxygen atoms in total. The summed E-state index contributed by atoms with van der Waals surface area (Å²) in [6.45, 7) is 3.96. The summed E-state index contributed by atoms with van der Waals surface area (Å²) < 4.78 is 0. The van der Waals surface area contributed by atoms with Gasteiger partial charge >= 0.3 is 0 Å². The molecule has 1 aliphatic heterocycles. The van der Waals surface area contributed by atoms with Crippen molar-refractivity contribution in [3.63, 3.8) is 0 Å². The van der Waals surface area contributed by atoms with Crippen molar-refractivity contribution in [1.82, 2.24) is 15.3 Å². The van der Waals surface area contributed by atoms with E-state index in [0.717, 1.165) is 36.6 Å². The molecule has 23 heavy (non-hydrogen) atoms. The van der Waals surface area contributed by atoms with E-state index in [9.17, 15) is 0 Å². The van der Waals surface area contributed by atoms with E-state index in [1.807, 2.05) is 18.2 Å². The van der Waals surface area contributed by atoms with Crippen molar-refractivity contribution >= 4 is 0 Å². The Morgan fingerprint density at radius 1 is 0.913 bits per heavy atom. The van der Waals surface area contributed by atoms with Gasteiger partial charge in [0, 0.05) is 36.2 Å². The topological polar surface area (TPSA) is 37.8 Å².